The molecule has 0 amide bonds. The maximum absolute atomic E-state index is 11.8. The van der Waals surface area contributed by atoms with Gasteiger partial charge in [-0.2, -0.15) is 5.10 Å². The van der Waals surface area contributed by atoms with E-state index in [1.165, 1.54) is 11.1 Å². The van der Waals surface area contributed by atoms with Crippen molar-refractivity contribution < 1.29 is 4.79 Å². The Bertz CT molecular complexity index is 1260. The molecule has 1 atom stereocenters. The SMILES string of the molecule is CC(=O)c1ccc(C2CN(c3cnccn3)CCN2Cc2cn(-c3ccccc3)nc2C)cc1.Cl. The monoisotopic (exact) mass is 488 g/mol. The van der Waals surface area contributed by atoms with Crippen molar-refractivity contribution in [3.05, 3.63) is 102 Å². The van der Waals surface area contributed by atoms with Crippen molar-refractivity contribution in [2.75, 3.05) is 24.5 Å². The molecule has 3 heterocycles. The number of piperazine rings is 1. The van der Waals surface area contributed by atoms with Gasteiger partial charge in [-0.15, -0.1) is 12.4 Å². The van der Waals surface area contributed by atoms with Crippen LogP contribution in [-0.4, -0.2) is 50.1 Å². The Morgan fingerprint density at radius 3 is 2.49 bits per heavy atom. The van der Waals surface area contributed by atoms with E-state index in [-0.39, 0.29) is 24.2 Å². The topological polar surface area (TPSA) is 67.2 Å². The first-order chi connectivity index (χ1) is 16.6. The molecule has 1 fully saturated rings. The summed E-state index contributed by atoms with van der Waals surface area (Å²) in [6.45, 7) is 7.01. The van der Waals surface area contributed by atoms with E-state index in [9.17, 15) is 4.79 Å². The second-order valence-corrected chi connectivity index (χ2v) is 8.69. The van der Waals surface area contributed by atoms with Crippen LogP contribution in [0.25, 0.3) is 5.69 Å². The average Bonchev–Trinajstić information content (AvgIpc) is 3.25. The van der Waals surface area contributed by atoms with Gasteiger partial charge < -0.3 is 4.90 Å². The molecular formula is C27H29ClN6O. The number of aromatic nitrogens is 4. The van der Waals surface area contributed by atoms with Crippen LogP contribution in [0.4, 0.5) is 5.82 Å². The maximum Gasteiger partial charge on any atom is 0.159 e. The Morgan fingerprint density at radius 2 is 1.80 bits per heavy atom. The van der Waals surface area contributed by atoms with Crippen molar-refractivity contribution in [3.63, 3.8) is 0 Å². The molecule has 2 aromatic heterocycles. The molecule has 0 N–H and O–H groups in total. The van der Waals surface area contributed by atoms with Crippen molar-refractivity contribution >= 4 is 24.0 Å². The van der Waals surface area contributed by atoms with Crippen molar-refractivity contribution in [1.29, 1.82) is 0 Å². The van der Waals surface area contributed by atoms with Gasteiger partial charge in [0, 0.05) is 55.9 Å². The van der Waals surface area contributed by atoms with Gasteiger partial charge in [-0.3, -0.25) is 14.7 Å². The minimum atomic E-state index is 0. The lowest BCUT2D eigenvalue weighted by Gasteiger charge is -2.42. The largest absolute Gasteiger partial charge is 0.352 e. The lowest BCUT2D eigenvalue weighted by molar-refractivity contribution is 0.101. The first-order valence-electron chi connectivity index (χ1n) is 11.5. The van der Waals surface area contributed by atoms with E-state index in [2.05, 4.69) is 57.2 Å². The predicted molar refractivity (Wildman–Crippen MR) is 139 cm³/mol. The molecule has 180 valence electrons. The molecule has 2 aromatic carbocycles. The third kappa shape index (κ3) is 5.42. The zero-order chi connectivity index (χ0) is 23.5. The zero-order valence-electron chi connectivity index (χ0n) is 19.9. The molecule has 5 rings (SSSR count). The van der Waals surface area contributed by atoms with Crippen molar-refractivity contribution in [3.8, 4) is 5.69 Å². The van der Waals surface area contributed by atoms with Crippen LogP contribution in [0.2, 0.25) is 0 Å². The number of para-hydroxylation sites is 1. The van der Waals surface area contributed by atoms with E-state index in [4.69, 9.17) is 5.10 Å². The summed E-state index contributed by atoms with van der Waals surface area (Å²) in [5.41, 5.74) is 5.22. The van der Waals surface area contributed by atoms with Crippen LogP contribution < -0.4 is 4.90 Å². The van der Waals surface area contributed by atoms with E-state index < -0.39 is 0 Å². The van der Waals surface area contributed by atoms with E-state index in [0.29, 0.717) is 0 Å². The number of anilines is 1. The second kappa shape index (κ2) is 10.8. The van der Waals surface area contributed by atoms with Crippen molar-refractivity contribution in [2.45, 2.75) is 26.4 Å². The molecule has 1 saturated heterocycles. The Morgan fingerprint density at radius 1 is 1.03 bits per heavy atom. The standard InChI is InChI=1S/C27H28N6O.ClH/c1-20-24(18-33(30-20)25-6-4-3-5-7-25)17-31-14-15-32(27-16-28-12-13-29-27)19-26(31)23-10-8-22(9-11-23)21(2)34;/h3-13,16,18,26H,14-15,17,19H2,1-2H3;1H. The molecule has 1 unspecified atom stereocenters. The molecule has 35 heavy (non-hydrogen) atoms. The number of aryl methyl sites for hydroxylation is 1. The van der Waals surface area contributed by atoms with Gasteiger partial charge in [0.25, 0.3) is 0 Å². The Kier molecular flexibility index (Phi) is 7.58. The number of Topliss-reactive ketones (excluding diaryl/α,β-unsaturated/α-hetero) is 1. The van der Waals surface area contributed by atoms with Crippen LogP contribution in [0.5, 0.6) is 0 Å². The molecule has 0 aliphatic carbocycles. The van der Waals surface area contributed by atoms with Gasteiger partial charge >= 0.3 is 0 Å². The Balaban J connectivity index is 0.00000289. The Hall–Kier alpha value is -3.55. The third-order valence-corrected chi connectivity index (χ3v) is 6.46. The zero-order valence-corrected chi connectivity index (χ0v) is 20.7. The second-order valence-electron chi connectivity index (χ2n) is 8.69. The summed E-state index contributed by atoms with van der Waals surface area (Å²) in [6, 6.07) is 18.4. The normalized spacial score (nSPS) is 16.1. The highest BCUT2D eigenvalue weighted by Gasteiger charge is 2.30. The molecule has 4 aromatic rings. The fourth-order valence-corrected chi connectivity index (χ4v) is 4.51. The number of ketones is 1. The van der Waals surface area contributed by atoms with E-state index >= 15 is 0 Å². The summed E-state index contributed by atoms with van der Waals surface area (Å²) in [4.78, 5) is 25.3. The summed E-state index contributed by atoms with van der Waals surface area (Å²) in [5, 5.41) is 4.76. The summed E-state index contributed by atoms with van der Waals surface area (Å²) in [5.74, 6) is 0.970. The lowest BCUT2D eigenvalue weighted by atomic mass is 9.99. The van der Waals surface area contributed by atoms with Crippen molar-refractivity contribution in [2.24, 2.45) is 0 Å². The number of hydrogen-bond acceptors (Lipinski definition) is 6. The van der Waals surface area contributed by atoms with Gasteiger partial charge in [-0.1, -0.05) is 42.5 Å². The summed E-state index contributed by atoms with van der Waals surface area (Å²) in [7, 11) is 0. The summed E-state index contributed by atoms with van der Waals surface area (Å²) in [6.07, 6.45) is 7.39. The first-order valence-corrected chi connectivity index (χ1v) is 11.5. The summed E-state index contributed by atoms with van der Waals surface area (Å²) < 4.78 is 1.96. The predicted octanol–water partition coefficient (Wildman–Crippen LogP) is 4.66. The van der Waals surface area contributed by atoms with Crippen LogP contribution >= 0.6 is 12.4 Å². The molecule has 0 saturated carbocycles. The molecule has 1 aliphatic rings. The highest BCUT2D eigenvalue weighted by atomic mass is 35.5. The van der Waals surface area contributed by atoms with E-state index in [1.807, 2.05) is 41.2 Å². The number of nitrogens with zero attached hydrogens (tertiary/aromatic N) is 6. The van der Waals surface area contributed by atoms with Gasteiger partial charge in [0.05, 0.1) is 23.6 Å². The highest BCUT2D eigenvalue weighted by Crippen LogP contribution is 2.30. The summed E-state index contributed by atoms with van der Waals surface area (Å²) >= 11 is 0. The van der Waals surface area contributed by atoms with Gasteiger partial charge in [0.1, 0.15) is 5.82 Å². The molecule has 7 nitrogen and oxygen atoms in total. The molecule has 0 spiro atoms. The molecule has 0 bridgehead atoms. The number of rotatable bonds is 6. The van der Waals surface area contributed by atoms with Crippen LogP contribution in [0, 0.1) is 6.92 Å². The third-order valence-electron chi connectivity index (χ3n) is 6.46. The van der Waals surface area contributed by atoms with E-state index in [1.54, 1.807) is 19.3 Å². The molecule has 1 aliphatic heterocycles. The van der Waals surface area contributed by atoms with Gasteiger partial charge in [0.2, 0.25) is 0 Å². The molecular weight excluding hydrogens is 460 g/mol. The smallest absolute Gasteiger partial charge is 0.159 e. The minimum absolute atomic E-state index is 0. The van der Waals surface area contributed by atoms with Crippen LogP contribution in [-0.2, 0) is 6.54 Å². The number of halogens is 1. The van der Waals surface area contributed by atoms with Crippen LogP contribution in [0.3, 0.4) is 0 Å². The fourth-order valence-electron chi connectivity index (χ4n) is 4.51. The number of carbonyl (C=O) groups is 1. The molecule has 0 radical (unpaired) electrons. The number of carbonyl (C=O) groups excluding carboxylic acids is 1. The van der Waals surface area contributed by atoms with Crippen LogP contribution in [0.1, 0.15) is 40.1 Å². The van der Waals surface area contributed by atoms with Gasteiger partial charge in [0.15, 0.2) is 5.78 Å². The van der Waals surface area contributed by atoms with Gasteiger partial charge in [-0.25, -0.2) is 9.67 Å². The number of benzene rings is 2. The average molecular weight is 489 g/mol. The van der Waals surface area contributed by atoms with Crippen LogP contribution in [0.15, 0.2) is 79.4 Å². The lowest BCUT2D eigenvalue weighted by Crippen LogP contribution is -2.48. The Labute approximate surface area is 211 Å². The maximum atomic E-state index is 11.8. The number of hydrogen-bond donors (Lipinski definition) is 0. The van der Waals surface area contributed by atoms with Gasteiger partial charge in [-0.05, 0) is 31.5 Å². The van der Waals surface area contributed by atoms with Crippen molar-refractivity contribution in [1.82, 2.24) is 24.6 Å². The van der Waals surface area contributed by atoms with E-state index in [0.717, 1.165) is 48.9 Å². The quantitative estimate of drug-likeness (QED) is 0.368. The molecule has 8 heteroatoms. The highest BCUT2D eigenvalue weighted by molar-refractivity contribution is 5.94. The minimum Gasteiger partial charge on any atom is -0.352 e. The first kappa shape index (κ1) is 24.6. The fraction of sp³-hybridized carbons (Fsp3) is 0.259.